The van der Waals surface area contributed by atoms with Crippen LogP contribution in [0.15, 0.2) is 66.3 Å². The van der Waals surface area contributed by atoms with Crippen LogP contribution in [-0.2, 0) is 11.2 Å². The Morgan fingerprint density at radius 3 is 2.37 bits per heavy atom. The molecule has 0 bridgehead atoms. The van der Waals surface area contributed by atoms with Crippen molar-refractivity contribution in [3.8, 4) is 5.75 Å². The monoisotopic (exact) mass is 791 g/mol. The third-order valence-corrected chi connectivity index (χ3v) is 8.30. The predicted octanol–water partition coefficient (Wildman–Crippen LogP) is 6.33. The van der Waals surface area contributed by atoms with Gasteiger partial charge in [0.25, 0.3) is 0 Å². The first-order valence-electron chi connectivity index (χ1n) is 14.1. The lowest BCUT2D eigenvalue weighted by Crippen LogP contribution is -2.37. The summed E-state index contributed by atoms with van der Waals surface area (Å²) in [4.78, 5) is 10.6. The normalized spacial score (nSPS) is 16.1. The molecule has 0 fully saturated rings. The summed E-state index contributed by atoms with van der Waals surface area (Å²) >= 11 is 3.89. The lowest BCUT2D eigenvalue weighted by Gasteiger charge is -2.32. The van der Waals surface area contributed by atoms with E-state index < -0.39 is 5.97 Å². The van der Waals surface area contributed by atoms with E-state index in [1.807, 2.05) is 57.3 Å². The van der Waals surface area contributed by atoms with Gasteiger partial charge in [0.2, 0.25) is 0 Å². The molecule has 226 valence electrons. The van der Waals surface area contributed by atoms with Crippen LogP contribution in [0.3, 0.4) is 0 Å². The third kappa shape index (κ3) is 14.0. The minimum Gasteiger partial charge on any atom is -0.506 e. The number of aryl methyl sites for hydroxylation is 1. The first-order valence-corrected chi connectivity index (χ1v) is 16.3. The molecule has 1 atom stereocenters. The van der Waals surface area contributed by atoms with E-state index >= 15 is 0 Å². The van der Waals surface area contributed by atoms with Crippen LogP contribution in [0.4, 0.5) is 0 Å². The van der Waals surface area contributed by atoms with Crippen molar-refractivity contribution in [1.29, 1.82) is 0 Å². The average molecular weight is 792 g/mol. The molecule has 2 aromatic carbocycles. The number of aromatic hydroxyl groups is 1. The predicted molar refractivity (Wildman–Crippen MR) is 180 cm³/mol. The summed E-state index contributed by atoms with van der Waals surface area (Å²) in [5, 5.41) is 40.5. The molecule has 0 amide bonds. The summed E-state index contributed by atoms with van der Waals surface area (Å²) in [6.07, 6.45) is 14.8. The van der Waals surface area contributed by atoms with Gasteiger partial charge in [-0.2, -0.15) is 0 Å². The molecule has 0 spiro atoms. The number of phenols is 1. The molecule has 5 N–H and O–H groups in total. The number of unbranched alkanes of at least 4 members (excludes halogenated alkanes) is 4. The molecular formula is C32H43I2NO6. The van der Waals surface area contributed by atoms with Gasteiger partial charge in [0.15, 0.2) is 0 Å². The summed E-state index contributed by atoms with van der Waals surface area (Å²) in [5.41, 5.74) is 2.09. The number of ether oxygens (including phenoxy) is 1. The van der Waals surface area contributed by atoms with Crippen molar-refractivity contribution in [2.45, 2.75) is 51.4 Å². The highest BCUT2D eigenvalue weighted by atomic mass is 127. The quantitative estimate of drug-likeness (QED) is 0.0939. The molecule has 1 aliphatic rings. The maximum atomic E-state index is 10.6. The highest BCUT2D eigenvalue weighted by Gasteiger charge is 2.28. The van der Waals surface area contributed by atoms with Gasteiger partial charge in [-0.15, -0.1) is 0 Å². The lowest BCUT2D eigenvalue weighted by atomic mass is 9.79. The first-order chi connectivity index (χ1) is 19.8. The number of nitrogens with one attached hydrogen (secondary N) is 1. The van der Waals surface area contributed by atoms with E-state index in [-0.39, 0.29) is 29.9 Å². The van der Waals surface area contributed by atoms with Gasteiger partial charge in [0, 0.05) is 28.7 Å². The standard InChI is InChI=1S/C25H39NO3.C7H4I2O3/c27-20-24-14-10-15-25(19-24,22-28)21-26-16-7-1-2-8-17-29-18-9-6-13-23-11-4-3-5-12-23;8-3-1-4(7(11)12)6(10)5(9)2-3/h3-5,10-12,14-15,26-28H,1-2,6-9,13,16-22H2;1-2,10H,(H,11,12). The molecule has 3 rings (SSSR count). The van der Waals surface area contributed by atoms with Crippen LogP contribution < -0.4 is 5.32 Å². The number of carboxylic acid groups (broad SMARTS) is 1. The van der Waals surface area contributed by atoms with Crippen LogP contribution in [0.1, 0.15) is 60.9 Å². The Hall–Kier alpha value is -1.51. The molecule has 2 aromatic rings. The Morgan fingerprint density at radius 2 is 1.68 bits per heavy atom. The number of benzene rings is 2. The van der Waals surface area contributed by atoms with E-state index in [4.69, 9.17) is 9.84 Å². The highest BCUT2D eigenvalue weighted by Crippen LogP contribution is 2.30. The smallest absolute Gasteiger partial charge is 0.339 e. The van der Waals surface area contributed by atoms with Crippen molar-refractivity contribution in [1.82, 2.24) is 5.32 Å². The van der Waals surface area contributed by atoms with E-state index in [1.54, 1.807) is 6.07 Å². The number of carboxylic acids is 1. The van der Waals surface area contributed by atoms with Crippen molar-refractivity contribution >= 4 is 51.2 Å². The second-order valence-corrected chi connectivity index (χ2v) is 12.7. The molecule has 0 aromatic heterocycles. The number of hydrogen-bond donors (Lipinski definition) is 5. The van der Waals surface area contributed by atoms with E-state index in [9.17, 15) is 20.1 Å². The van der Waals surface area contributed by atoms with E-state index in [2.05, 4.69) is 41.7 Å². The number of aliphatic hydroxyl groups is 2. The number of aromatic carboxylic acids is 1. The maximum absolute atomic E-state index is 10.6. The van der Waals surface area contributed by atoms with Gasteiger partial charge in [-0.25, -0.2) is 4.79 Å². The Labute approximate surface area is 271 Å². The molecule has 1 aliphatic carbocycles. The molecule has 41 heavy (non-hydrogen) atoms. The lowest BCUT2D eigenvalue weighted by molar-refractivity contribution is 0.0693. The zero-order valence-corrected chi connectivity index (χ0v) is 27.8. The summed E-state index contributed by atoms with van der Waals surface area (Å²) in [7, 11) is 0. The summed E-state index contributed by atoms with van der Waals surface area (Å²) in [5.74, 6) is -1.27. The van der Waals surface area contributed by atoms with Crippen molar-refractivity contribution in [3.05, 3.63) is 84.5 Å². The largest absolute Gasteiger partial charge is 0.506 e. The van der Waals surface area contributed by atoms with Crippen molar-refractivity contribution in [2.75, 3.05) is 39.5 Å². The van der Waals surface area contributed by atoms with E-state index in [0.717, 1.165) is 67.6 Å². The van der Waals surface area contributed by atoms with Crippen LogP contribution in [-0.4, -0.2) is 65.9 Å². The molecule has 0 aliphatic heterocycles. The number of allylic oxidation sites excluding steroid dienone is 2. The zero-order chi connectivity index (χ0) is 29.9. The molecule has 7 nitrogen and oxygen atoms in total. The van der Waals surface area contributed by atoms with Crippen molar-refractivity contribution in [3.63, 3.8) is 0 Å². The second kappa shape index (κ2) is 20.4. The van der Waals surface area contributed by atoms with Gasteiger partial charge in [0.05, 0.1) is 16.8 Å². The fourth-order valence-corrected chi connectivity index (χ4v) is 6.35. The molecule has 0 saturated heterocycles. The Morgan fingerprint density at radius 1 is 0.976 bits per heavy atom. The van der Waals surface area contributed by atoms with Gasteiger partial charge >= 0.3 is 5.97 Å². The Balaban J connectivity index is 0.000000408. The molecule has 1 unspecified atom stereocenters. The minimum atomic E-state index is -1.11. The first kappa shape index (κ1) is 35.7. The summed E-state index contributed by atoms with van der Waals surface area (Å²) in [6.45, 7) is 3.64. The fraction of sp³-hybridized carbons (Fsp3) is 0.469. The summed E-state index contributed by atoms with van der Waals surface area (Å²) < 4.78 is 7.10. The third-order valence-electron chi connectivity index (χ3n) is 6.85. The number of carbonyl (C=O) groups is 1. The van der Waals surface area contributed by atoms with Crippen LogP contribution in [0.5, 0.6) is 5.75 Å². The number of halogens is 2. The molecular weight excluding hydrogens is 748 g/mol. The second-order valence-electron chi connectivity index (χ2n) is 10.3. The van der Waals surface area contributed by atoms with Gasteiger partial charge in [0.1, 0.15) is 11.3 Å². The average Bonchev–Trinajstić information content (AvgIpc) is 2.98. The van der Waals surface area contributed by atoms with Crippen LogP contribution in [0, 0.1) is 12.6 Å². The van der Waals surface area contributed by atoms with E-state index in [0.29, 0.717) is 3.57 Å². The van der Waals surface area contributed by atoms with Crippen LogP contribution in [0.25, 0.3) is 0 Å². The van der Waals surface area contributed by atoms with Crippen LogP contribution in [0.2, 0.25) is 0 Å². The Kier molecular flexibility index (Phi) is 17.8. The van der Waals surface area contributed by atoms with E-state index in [1.165, 1.54) is 30.9 Å². The van der Waals surface area contributed by atoms with Gasteiger partial charge in [-0.3, -0.25) is 0 Å². The molecule has 9 heteroatoms. The zero-order valence-electron chi connectivity index (χ0n) is 23.5. The number of hydrogen-bond acceptors (Lipinski definition) is 6. The molecule has 0 saturated carbocycles. The van der Waals surface area contributed by atoms with Crippen molar-refractivity contribution in [2.24, 2.45) is 5.41 Å². The molecule has 0 heterocycles. The Bertz CT molecular complexity index is 1110. The number of rotatable bonds is 17. The van der Waals surface area contributed by atoms with Gasteiger partial charge < -0.3 is 30.5 Å². The number of aliphatic hydroxyl groups excluding tert-OH is 2. The molecule has 0 radical (unpaired) electrons. The maximum Gasteiger partial charge on any atom is 0.339 e. The van der Waals surface area contributed by atoms with Crippen molar-refractivity contribution < 1.29 is 30.0 Å². The fourth-order valence-electron chi connectivity index (χ4n) is 4.51. The van der Waals surface area contributed by atoms with Gasteiger partial charge in [-0.1, -0.05) is 61.4 Å². The SMILES string of the molecule is O=C(O)c1cc(I)cc(I)c1O.OCC1=CC=CC(CO)(CNCCCCCCOCCCCc2ccccc2)C1. The highest BCUT2D eigenvalue weighted by molar-refractivity contribution is 14.1. The van der Waals surface area contributed by atoms with Crippen LogP contribution >= 0.6 is 45.2 Å². The van der Waals surface area contributed by atoms with Gasteiger partial charge in [-0.05, 0) is 114 Å². The summed E-state index contributed by atoms with van der Waals surface area (Å²) in [6, 6.07) is 13.8. The topological polar surface area (TPSA) is 119 Å². The minimum absolute atomic E-state index is 0.0497.